The van der Waals surface area contributed by atoms with Crippen LogP contribution in [0.1, 0.15) is 27.9 Å². The first-order chi connectivity index (χ1) is 13.1. The molecule has 27 heavy (non-hydrogen) atoms. The Labute approximate surface area is 161 Å². The number of anilines is 1. The molecule has 3 rings (SSSR count). The Balaban J connectivity index is 1.60. The van der Waals surface area contributed by atoms with Gasteiger partial charge in [-0.2, -0.15) is 0 Å². The van der Waals surface area contributed by atoms with Crippen LogP contribution >= 0.6 is 11.3 Å². The molecular formula is C20H19N3O3S. The summed E-state index contributed by atoms with van der Waals surface area (Å²) in [6.07, 6.45) is 2.55. The molecular weight excluding hydrogens is 362 g/mol. The second kappa shape index (κ2) is 8.55. The Kier molecular flexibility index (Phi) is 5.93. The van der Waals surface area contributed by atoms with E-state index in [1.807, 2.05) is 43.3 Å². The minimum absolute atomic E-state index is 0.356. The van der Waals surface area contributed by atoms with E-state index < -0.39 is 5.97 Å². The van der Waals surface area contributed by atoms with Crippen LogP contribution in [-0.4, -0.2) is 28.5 Å². The summed E-state index contributed by atoms with van der Waals surface area (Å²) in [6, 6.07) is 13.0. The van der Waals surface area contributed by atoms with Gasteiger partial charge in [0.25, 0.3) is 5.91 Å². The van der Waals surface area contributed by atoms with Gasteiger partial charge in [-0.15, -0.1) is 11.3 Å². The molecule has 0 saturated heterocycles. The fourth-order valence-corrected chi connectivity index (χ4v) is 3.38. The number of nitrogens with one attached hydrogen (secondary N) is 1. The van der Waals surface area contributed by atoms with Gasteiger partial charge < -0.3 is 10.1 Å². The van der Waals surface area contributed by atoms with Crippen molar-refractivity contribution < 1.29 is 14.3 Å². The summed E-state index contributed by atoms with van der Waals surface area (Å²) in [7, 11) is 0. The van der Waals surface area contributed by atoms with Crippen LogP contribution in [0.3, 0.4) is 0 Å². The van der Waals surface area contributed by atoms with Gasteiger partial charge in [0.2, 0.25) is 0 Å². The summed E-state index contributed by atoms with van der Waals surface area (Å²) in [5.74, 6) is -0.951. The first-order valence-electron chi connectivity index (χ1n) is 8.51. The van der Waals surface area contributed by atoms with Gasteiger partial charge in [-0.25, -0.2) is 9.78 Å². The van der Waals surface area contributed by atoms with Crippen molar-refractivity contribution in [3.63, 3.8) is 0 Å². The van der Waals surface area contributed by atoms with Gasteiger partial charge in [0.1, 0.15) is 9.88 Å². The quantitative estimate of drug-likeness (QED) is 0.656. The van der Waals surface area contributed by atoms with Crippen molar-refractivity contribution in [1.29, 1.82) is 0 Å². The maximum absolute atomic E-state index is 12.3. The highest BCUT2D eigenvalue weighted by Gasteiger charge is 2.19. The molecule has 1 aromatic carbocycles. The molecule has 6 nitrogen and oxygen atoms in total. The number of thiazole rings is 1. The predicted molar refractivity (Wildman–Crippen MR) is 105 cm³/mol. The third-order valence-corrected chi connectivity index (χ3v) is 4.98. The van der Waals surface area contributed by atoms with E-state index in [-0.39, 0.29) is 12.5 Å². The fraction of sp³-hybridized carbons (Fsp3) is 0.200. The Bertz CT molecular complexity index is 954. The predicted octanol–water partition coefficient (Wildman–Crippen LogP) is 3.87. The number of hydrogen-bond acceptors (Lipinski definition) is 6. The van der Waals surface area contributed by atoms with Crippen molar-refractivity contribution in [3.8, 4) is 10.7 Å². The normalized spacial score (nSPS) is 10.4. The van der Waals surface area contributed by atoms with Crippen LogP contribution < -0.4 is 5.32 Å². The lowest BCUT2D eigenvalue weighted by Gasteiger charge is -2.07. The van der Waals surface area contributed by atoms with E-state index >= 15 is 0 Å². The molecule has 0 spiro atoms. The molecule has 3 aromatic rings. The molecule has 0 unspecified atom stereocenters. The SMILES string of the molecule is CCc1cccc(NC(=O)COC(=O)c2sc(-c3ccccn3)nc2C)c1. The third-order valence-electron chi connectivity index (χ3n) is 3.82. The monoisotopic (exact) mass is 381 g/mol. The van der Waals surface area contributed by atoms with Crippen LogP contribution in [0.4, 0.5) is 5.69 Å². The van der Waals surface area contributed by atoms with Crippen molar-refractivity contribution >= 4 is 28.9 Å². The topological polar surface area (TPSA) is 81.2 Å². The molecule has 0 atom stereocenters. The van der Waals surface area contributed by atoms with E-state index in [2.05, 4.69) is 15.3 Å². The second-order valence-electron chi connectivity index (χ2n) is 5.83. The van der Waals surface area contributed by atoms with Gasteiger partial charge >= 0.3 is 5.97 Å². The molecule has 0 aliphatic rings. The number of pyridine rings is 1. The van der Waals surface area contributed by atoms with Crippen molar-refractivity contribution in [2.75, 3.05) is 11.9 Å². The number of ether oxygens (including phenoxy) is 1. The van der Waals surface area contributed by atoms with Crippen LogP contribution in [0.25, 0.3) is 10.7 Å². The Hall–Kier alpha value is -3.06. The largest absolute Gasteiger partial charge is 0.451 e. The zero-order valence-electron chi connectivity index (χ0n) is 15.1. The molecule has 2 aromatic heterocycles. The van der Waals surface area contributed by atoms with Crippen LogP contribution in [0.15, 0.2) is 48.7 Å². The Morgan fingerprint density at radius 3 is 2.78 bits per heavy atom. The summed E-state index contributed by atoms with van der Waals surface area (Å²) in [5, 5.41) is 3.37. The highest BCUT2D eigenvalue weighted by molar-refractivity contribution is 7.17. The van der Waals surface area contributed by atoms with Crippen LogP contribution in [-0.2, 0) is 16.0 Å². The number of carbonyl (C=O) groups is 2. The van der Waals surface area contributed by atoms with Crippen LogP contribution in [0.5, 0.6) is 0 Å². The van der Waals surface area contributed by atoms with Crippen molar-refractivity contribution in [2.24, 2.45) is 0 Å². The zero-order valence-corrected chi connectivity index (χ0v) is 15.9. The highest BCUT2D eigenvalue weighted by Crippen LogP contribution is 2.26. The van der Waals surface area contributed by atoms with E-state index in [1.54, 1.807) is 19.2 Å². The number of aromatic nitrogens is 2. The number of esters is 1. The lowest BCUT2D eigenvalue weighted by molar-refractivity contribution is -0.119. The zero-order chi connectivity index (χ0) is 19.2. The van der Waals surface area contributed by atoms with Crippen LogP contribution in [0, 0.1) is 6.92 Å². The standard InChI is InChI=1S/C20H19N3O3S/c1-3-14-7-6-8-15(11-14)23-17(24)12-26-20(25)18-13(2)22-19(27-18)16-9-4-5-10-21-16/h4-11H,3,12H2,1-2H3,(H,23,24). The highest BCUT2D eigenvalue weighted by atomic mass is 32.1. The van der Waals surface area contributed by atoms with Gasteiger partial charge in [0, 0.05) is 11.9 Å². The Morgan fingerprint density at radius 1 is 1.19 bits per heavy atom. The number of rotatable bonds is 6. The van der Waals surface area contributed by atoms with Gasteiger partial charge in [0.05, 0.1) is 11.4 Å². The van der Waals surface area contributed by atoms with E-state index in [4.69, 9.17) is 4.74 Å². The lowest BCUT2D eigenvalue weighted by atomic mass is 10.1. The number of amides is 1. The number of nitrogens with zero attached hydrogens (tertiary/aromatic N) is 2. The smallest absolute Gasteiger partial charge is 0.350 e. The van der Waals surface area contributed by atoms with Crippen molar-refractivity contribution in [2.45, 2.75) is 20.3 Å². The van der Waals surface area contributed by atoms with Crippen molar-refractivity contribution in [3.05, 3.63) is 64.8 Å². The summed E-state index contributed by atoms with van der Waals surface area (Å²) < 4.78 is 5.15. The minimum Gasteiger partial charge on any atom is -0.451 e. The molecule has 138 valence electrons. The fourth-order valence-electron chi connectivity index (χ4n) is 2.45. The van der Waals surface area contributed by atoms with E-state index in [1.165, 1.54) is 11.3 Å². The van der Waals surface area contributed by atoms with E-state index in [0.717, 1.165) is 12.0 Å². The maximum Gasteiger partial charge on any atom is 0.350 e. The molecule has 0 aliphatic heterocycles. The molecule has 7 heteroatoms. The number of aryl methyl sites for hydroxylation is 2. The number of hydrogen-bond donors (Lipinski definition) is 1. The average molecular weight is 381 g/mol. The summed E-state index contributed by atoms with van der Waals surface area (Å²) in [5.41, 5.74) is 3.05. The molecule has 1 amide bonds. The molecule has 1 N–H and O–H groups in total. The van der Waals surface area contributed by atoms with Gasteiger partial charge in [0.15, 0.2) is 6.61 Å². The minimum atomic E-state index is -0.565. The lowest BCUT2D eigenvalue weighted by Crippen LogP contribution is -2.20. The van der Waals surface area contributed by atoms with Crippen molar-refractivity contribution in [1.82, 2.24) is 9.97 Å². The van der Waals surface area contributed by atoms with Gasteiger partial charge in [-0.3, -0.25) is 9.78 Å². The summed E-state index contributed by atoms with van der Waals surface area (Å²) in [6.45, 7) is 3.42. The van der Waals surface area contributed by atoms with E-state index in [9.17, 15) is 9.59 Å². The molecule has 0 aliphatic carbocycles. The molecule has 2 heterocycles. The van der Waals surface area contributed by atoms with Crippen LogP contribution in [0.2, 0.25) is 0 Å². The molecule has 0 saturated carbocycles. The maximum atomic E-state index is 12.3. The Morgan fingerprint density at radius 2 is 2.04 bits per heavy atom. The van der Waals surface area contributed by atoms with Gasteiger partial charge in [-0.05, 0) is 43.2 Å². The molecule has 0 fully saturated rings. The first kappa shape index (κ1) is 18.7. The molecule has 0 radical (unpaired) electrons. The average Bonchev–Trinajstić information content (AvgIpc) is 3.09. The second-order valence-corrected chi connectivity index (χ2v) is 6.83. The van der Waals surface area contributed by atoms with Gasteiger partial charge in [-0.1, -0.05) is 25.1 Å². The van der Waals surface area contributed by atoms with E-state index in [0.29, 0.717) is 27.0 Å². The third kappa shape index (κ3) is 4.77. The first-order valence-corrected chi connectivity index (χ1v) is 9.33. The summed E-state index contributed by atoms with van der Waals surface area (Å²) in [4.78, 5) is 33.3. The number of benzene rings is 1. The summed E-state index contributed by atoms with van der Waals surface area (Å²) >= 11 is 1.20. The number of carbonyl (C=O) groups excluding carboxylic acids is 2. The molecule has 0 bridgehead atoms.